The lowest BCUT2D eigenvalue weighted by Crippen LogP contribution is -2.49. The molecule has 1 aliphatic rings. The first-order chi connectivity index (χ1) is 15.5. The van der Waals surface area contributed by atoms with Gasteiger partial charge >= 0.3 is 6.09 Å². The van der Waals surface area contributed by atoms with E-state index in [1.165, 1.54) is 0 Å². The molecule has 11 heteroatoms. The molecule has 1 aromatic carbocycles. The van der Waals surface area contributed by atoms with Gasteiger partial charge in [0.2, 0.25) is 11.9 Å². The van der Waals surface area contributed by atoms with E-state index in [1.807, 2.05) is 30.0 Å². The van der Waals surface area contributed by atoms with Crippen LogP contribution < -0.4 is 20.1 Å². The Hall–Kier alpha value is -3.76. The number of hydrogen-bond donors (Lipinski definition) is 1. The van der Waals surface area contributed by atoms with E-state index >= 15 is 0 Å². The zero-order valence-electron chi connectivity index (χ0n) is 18.7. The van der Waals surface area contributed by atoms with Crippen molar-refractivity contribution in [3.63, 3.8) is 0 Å². The zero-order chi connectivity index (χ0) is 22.8. The molecular weight excluding hydrogens is 414 g/mol. The predicted octanol–water partition coefficient (Wildman–Crippen LogP) is 1.98. The zero-order valence-corrected chi connectivity index (χ0v) is 18.7. The molecule has 0 aliphatic carbocycles. The Morgan fingerprint density at radius 1 is 1.09 bits per heavy atom. The van der Waals surface area contributed by atoms with E-state index < -0.39 is 0 Å². The summed E-state index contributed by atoms with van der Waals surface area (Å²) in [6.45, 7) is 6.25. The van der Waals surface area contributed by atoms with E-state index in [9.17, 15) is 4.79 Å². The Morgan fingerprint density at radius 3 is 2.47 bits per heavy atom. The molecule has 0 unspecified atom stereocenters. The van der Waals surface area contributed by atoms with Crippen LogP contribution in [-0.4, -0.2) is 77.6 Å². The molecule has 1 aliphatic heterocycles. The number of benzene rings is 1. The van der Waals surface area contributed by atoms with Crippen molar-refractivity contribution < 1.29 is 19.0 Å². The highest BCUT2D eigenvalue weighted by atomic mass is 16.6. The lowest BCUT2D eigenvalue weighted by atomic mass is 10.1. The van der Waals surface area contributed by atoms with Gasteiger partial charge in [-0.05, 0) is 31.5 Å². The van der Waals surface area contributed by atoms with Crippen molar-refractivity contribution in [1.29, 1.82) is 0 Å². The second-order valence-corrected chi connectivity index (χ2v) is 7.32. The number of hydrogen-bond acceptors (Lipinski definition) is 9. The fourth-order valence-electron chi connectivity index (χ4n) is 3.82. The number of methoxy groups -OCH3 is 2. The summed E-state index contributed by atoms with van der Waals surface area (Å²) < 4.78 is 17.4. The minimum absolute atomic E-state index is 0.243. The summed E-state index contributed by atoms with van der Waals surface area (Å²) in [5.41, 5.74) is 9.32. The molecule has 0 radical (unpaired) electrons. The van der Waals surface area contributed by atoms with Gasteiger partial charge in [-0.25, -0.2) is 4.79 Å². The summed E-state index contributed by atoms with van der Waals surface area (Å²) >= 11 is 0. The molecule has 2 aromatic heterocycles. The van der Waals surface area contributed by atoms with Gasteiger partial charge in [0.1, 0.15) is 0 Å². The van der Waals surface area contributed by atoms with Crippen molar-refractivity contribution >= 4 is 23.6 Å². The van der Waals surface area contributed by atoms with Gasteiger partial charge in [-0.1, -0.05) is 6.07 Å². The van der Waals surface area contributed by atoms with E-state index in [1.54, 1.807) is 30.6 Å². The average molecular weight is 441 g/mol. The molecule has 1 saturated heterocycles. The number of fused-ring (bicyclic) bond motifs is 1. The normalized spacial score (nSPS) is 14.0. The number of carbonyl (C=O) groups is 1. The molecule has 11 nitrogen and oxygen atoms in total. The Balaban J connectivity index is 1.69. The van der Waals surface area contributed by atoms with E-state index in [4.69, 9.17) is 24.9 Å². The quantitative estimate of drug-likeness (QED) is 0.633. The molecular formula is C21H27N7O4. The van der Waals surface area contributed by atoms with Gasteiger partial charge in [0.15, 0.2) is 17.1 Å². The molecule has 0 spiro atoms. The number of nitrogens with zero attached hydrogens (tertiary/aromatic N) is 6. The van der Waals surface area contributed by atoms with Gasteiger partial charge in [0.25, 0.3) is 0 Å². The Morgan fingerprint density at radius 2 is 1.81 bits per heavy atom. The monoisotopic (exact) mass is 441 g/mol. The van der Waals surface area contributed by atoms with Crippen molar-refractivity contribution in [3.8, 4) is 22.6 Å². The van der Waals surface area contributed by atoms with Gasteiger partial charge in [-0.3, -0.25) is 0 Å². The van der Waals surface area contributed by atoms with Crippen LogP contribution in [0.4, 0.5) is 16.7 Å². The van der Waals surface area contributed by atoms with Gasteiger partial charge in [0.05, 0.1) is 26.5 Å². The van der Waals surface area contributed by atoms with Crippen molar-refractivity contribution in [2.24, 2.45) is 0 Å². The molecule has 0 atom stereocenters. The number of aryl methyl sites for hydroxylation is 1. The second kappa shape index (κ2) is 8.77. The largest absolute Gasteiger partial charge is 0.493 e. The summed E-state index contributed by atoms with van der Waals surface area (Å²) in [7, 11) is 3.19. The first-order valence-electron chi connectivity index (χ1n) is 10.4. The molecule has 32 heavy (non-hydrogen) atoms. The van der Waals surface area contributed by atoms with Crippen molar-refractivity contribution in [2.45, 2.75) is 13.8 Å². The first-order valence-corrected chi connectivity index (χ1v) is 10.4. The number of amides is 1. The number of aromatic nitrogens is 4. The topological polar surface area (TPSA) is 120 Å². The maximum atomic E-state index is 12.0. The highest BCUT2D eigenvalue weighted by molar-refractivity contribution is 5.82. The molecule has 1 amide bonds. The van der Waals surface area contributed by atoms with Crippen molar-refractivity contribution in [3.05, 3.63) is 23.9 Å². The summed E-state index contributed by atoms with van der Waals surface area (Å²) in [6.07, 6.45) is -0.301. The van der Waals surface area contributed by atoms with Gasteiger partial charge in [0, 0.05) is 31.7 Å². The number of ether oxygens (including phenoxy) is 3. The van der Waals surface area contributed by atoms with Crippen molar-refractivity contribution in [1.82, 2.24) is 24.5 Å². The lowest BCUT2D eigenvalue weighted by Gasteiger charge is -2.34. The standard InChI is InChI=1S/C21H27N7O4/c1-5-32-21(29)27-10-8-26(9-11-27)20-23-18-17(13(2)25-28(18)19(22)24-20)14-6-7-15(30-3)16(12-14)31-4/h6-7,12H,5,8-11H2,1-4H3,(H2,22,23,24). The molecule has 4 rings (SSSR count). The van der Waals surface area contributed by atoms with Crippen LogP contribution in [0.5, 0.6) is 11.5 Å². The van der Waals surface area contributed by atoms with E-state index in [2.05, 4.69) is 10.1 Å². The maximum absolute atomic E-state index is 12.0. The average Bonchev–Trinajstić information content (AvgIpc) is 3.15. The summed E-state index contributed by atoms with van der Waals surface area (Å²) in [5.74, 6) is 1.99. The molecule has 0 saturated carbocycles. The van der Waals surface area contributed by atoms with Crippen LogP contribution in [0, 0.1) is 6.92 Å². The third-order valence-electron chi connectivity index (χ3n) is 5.43. The minimum atomic E-state index is -0.301. The van der Waals surface area contributed by atoms with Gasteiger partial charge < -0.3 is 29.7 Å². The number of anilines is 2. The van der Waals surface area contributed by atoms with Crippen LogP contribution in [0.1, 0.15) is 12.6 Å². The van der Waals surface area contributed by atoms with Crippen molar-refractivity contribution in [2.75, 3.05) is 57.6 Å². The van der Waals surface area contributed by atoms with Crippen LogP contribution in [0.25, 0.3) is 16.8 Å². The third-order valence-corrected chi connectivity index (χ3v) is 5.43. The van der Waals surface area contributed by atoms with Crippen LogP contribution in [0.2, 0.25) is 0 Å². The second-order valence-electron chi connectivity index (χ2n) is 7.32. The van der Waals surface area contributed by atoms with Gasteiger partial charge in [-0.2, -0.15) is 19.6 Å². The number of nitrogens with two attached hydrogens (primary N) is 1. The fourth-order valence-corrected chi connectivity index (χ4v) is 3.82. The van der Waals surface area contributed by atoms with Crippen LogP contribution in [-0.2, 0) is 4.74 Å². The maximum Gasteiger partial charge on any atom is 0.409 e. The molecule has 170 valence electrons. The van der Waals surface area contributed by atoms with E-state index in [0.29, 0.717) is 55.9 Å². The summed E-state index contributed by atoms with van der Waals surface area (Å²) in [6, 6.07) is 5.66. The molecule has 3 aromatic rings. The summed E-state index contributed by atoms with van der Waals surface area (Å²) in [4.78, 5) is 24.9. The van der Waals surface area contributed by atoms with E-state index in [-0.39, 0.29) is 12.0 Å². The number of piperazine rings is 1. The SMILES string of the molecule is CCOC(=O)N1CCN(c2nc(N)n3nc(C)c(-c4ccc(OC)c(OC)c4)c3n2)CC1. The molecule has 1 fully saturated rings. The first kappa shape index (κ1) is 21.5. The van der Waals surface area contributed by atoms with Crippen LogP contribution >= 0.6 is 0 Å². The molecule has 0 bridgehead atoms. The molecule has 2 N–H and O–H groups in total. The smallest absolute Gasteiger partial charge is 0.409 e. The van der Waals surface area contributed by atoms with Crippen LogP contribution in [0.15, 0.2) is 18.2 Å². The Labute approximate surface area is 185 Å². The Bertz CT molecular complexity index is 1140. The lowest BCUT2D eigenvalue weighted by molar-refractivity contribution is 0.105. The number of nitrogen functional groups attached to an aromatic ring is 1. The summed E-state index contributed by atoms with van der Waals surface area (Å²) in [5, 5.41) is 4.54. The fraction of sp³-hybridized carbons (Fsp3) is 0.429. The Kier molecular flexibility index (Phi) is 5.89. The predicted molar refractivity (Wildman–Crippen MR) is 119 cm³/mol. The number of rotatable bonds is 5. The minimum Gasteiger partial charge on any atom is -0.493 e. The third kappa shape index (κ3) is 3.81. The highest BCUT2D eigenvalue weighted by Gasteiger charge is 2.25. The number of carbonyl (C=O) groups excluding carboxylic acids is 1. The highest BCUT2D eigenvalue weighted by Crippen LogP contribution is 2.35. The van der Waals surface area contributed by atoms with E-state index in [0.717, 1.165) is 16.8 Å². The molecule has 3 heterocycles. The van der Waals surface area contributed by atoms with Crippen LogP contribution in [0.3, 0.4) is 0 Å². The van der Waals surface area contributed by atoms with Gasteiger partial charge in [-0.15, -0.1) is 0 Å².